The molecule has 3 rings (SSSR count). The number of benzene rings is 1. The summed E-state index contributed by atoms with van der Waals surface area (Å²) in [6.07, 6.45) is 3.72. The smallest absolute Gasteiger partial charge is 0.331 e. The number of fused-ring (bicyclic) bond motifs is 1. The summed E-state index contributed by atoms with van der Waals surface area (Å²) in [6, 6.07) is 8.57. The number of aryl methyl sites for hydroxylation is 1. The van der Waals surface area contributed by atoms with Crippen LogP contribution in [0.5, 0.6) is 0 Å². The Hall–Kier alpha value is -2.41. The Morgan fingerprint density at radius 2 is 1.77 bits per heavy atom. The third kappa shape index (κ3) is 5.81. The van der Waals surface area contributed by atoms with Crippen LogP contribution in [0.15, 0.2) is 30.3 Å². The lowest BCUT2D eigenvalue weighted by molar-refractivity contribution is -0.184. The minimum absolute atomic E-state index is 0.142. The molecule has 2 aliphatic heterocycles. The fourth-order valence-electron chi connectivity index (χ4n) is 4.06. The first kappa shape index (κ1) is 22.3. The van der Waals surface area contributed by atoms with Crippen LogP contribution >= 0.6 is 0 Å². The van der Waals surface area contributed by atoms with Crippen molar-refractivity contribution in [2.75, 3.05) is 13.1 Å². The summed E-state index contributed by atoms with van der Waals surface area (Å²) in [5.74, 6) is -0.732. The zero-order chi connectivity index (χ0) is 21.7. The van der Waals surface area contributed by atoms with Gasteiger partial charge in [-0.25, -0.2) is 9.80 Å². The van der Waals surface area contributed by atoms with Crippen LogP contribution in [-0.4, -0.2) is 58.6 Å². The average molecular weight is 416 g/mol. The fourth-order valence-corrected chi connectivity index (χ4v) is 4.06. The number of nitrogens with one attached hydrogen (secondary N) is 1. The van der Waals surface area contributed by atoms with Gasteiger partial charge in [0.1, 0.15) is 17.7 Å². The summed E-state index contributed by atoms with van der Waals surface area (Å²) in [5, 5.41) is 6.43. The fraction of sp³-hybridized carbons (Fsp3) is 0.609. The Balaban J connectivity index is 1.66. The molecule has 7 nitrogen and oxygen atoms in total. The zero-order valence-electron chi connectivity index (χ0n) is 18.2. The van der Waals surface area contributed by atoms with E-state index in [1.165, 1.54) is 0 Å². The molecule has 2 saturated heterocycles. The summed E-state index contributed by atoms with van der Waals surface area (Å²) in [6.45, 7) is 6.91. The first-order chi connectivity index (χ1) is 14.2. The Labute approximate surface area is 178 Å². The lowest BCUT2D eigenvalue weighted by Gasteiger charge is -2.43. The van der Waals surface area contributed by atoms with Crippen LogP contribution in [0.1, 0.15) is 58.4 Å². The molecule has 2 amide bonds. The first-order valence-corrected chi connectivity index (χ1v) is 10.9. The number of nitrogens with zero attached hydrogens (tertiary/aromatic N) is 2. The number of hydrazine groups is 1. The van der Waals surface area contributed by atoms with Crippen LogP contribution in [0.4, 0.5) is 0 Å². The Bertz CT molecular complexity index is 759. The van der Waals surface area contributed by atoms with Crippen molar-refractivity contribution in [3.8, 4) is 0 Å². The summed E-state index contributed by atoms with van der Waals surface area (Å²) in [7, 11) is 0. The highest BCUT2D eigenvalue weighted by Gasteiger charge is 2.43. The molecule has 7 heteroatoms. The van der Waals surface area contributed by atoms with Crippen LogP contribution in [0, 0.1) is 0 Å². The number of ether oxygens (including phenoxy) is 1. The van der Waals surface area contributed by atoms with Gasteiger partial charge in [-0.1, -0.05) is 30.3 Å². The Kier molecular flexibility index (Phi) is 7.13. The van der Waals surface area contributed by atoms with Gasteiger partial charge >= 0.3 is 5.97 Å². The Morgan fingerprint density at radius 3 is 2.43 bits per heavy atom. The molecular weight excluding hydrogens is 382 g/mol. The van der Waals surface area contributed by atoms with Crippen LogP contribution in [0.25, 0.3) is 0 Å². The number of hydrogen-bond acceptors (Lipinski definition) is 5. The molecule has 2 aliphatic rings. The highest BCUT2D eigenvalue weighted by atomic mass is 16.6. The third-order valence-corrected chi connectivity index (χ3v) is 5.42. The molecule has 2 fully saturated rings. The molecule has 2 atom stereocenters. The quantitative estimate of drug-likeness (QED) is 0.748. The van der Waals surface area contributed by atoms with E-state index in [9.17, 15) is 14.4 Å². The van der Waals surface area contributed by atoms with Gasteiger partial charge in [-0.05, 0) is 58.4 Å². The number of rotatable bonds is 5. The molecule has 0 aromatic heterocycles. The largest absolute Gasteiger partial charge is 0.458 e. The topological polar surface area (TPSA) is 79.0 Å². The molecule has 0 spiro atoms. The van der Waals surface area contributed by atoms with Gasteiger partial charge in [0, 0.05) is 19.5 Å². The lowest BCUT2D eigenvalue weighted by Crippen LogP contribution is -2.61. The van der Waals surface area contributed by atoms with Gasteiger partial charge in [-0.2, -0.15) is 0 Å². The first-order valence-electron chi connectivity index (χ1n) is 10.9. The van der Waals surface area contributed by atoms with E-state index in [1.807, 2.05) is 56.1 Å². The second-order valence-electron chi connectivity index (χ2n) is 9.08. The van der Waals surface area contributed by atoms with Crippen molar-refractivity contribution in [1.29, 1.82) is 0 Å². The molecule has 0 aliphatic carbocycles. The van der Waals surface area contributed by atoms with E-state index in [4.69, 9.17) is 4.74 Å². The van der Waals surface area contributed by atoms with E-state index >= 15 is 0 Å². The van der Waals surface area contributed by atoms with Crippen LogP contribution in [0.3, 0.4) is 0 Å². The molecule has 30 heavy (non-hydrogen) atoms. The summed E-state index contributed by atoms with van der Waals surface area (Å²) in [4.78, 5) is 38.6. The van der Waals surface area contributed by atoms with Crippen molar-refractivity contribution >= 4 is 17.8 Å². The number of carbonyl (C=O) groups excluding carboxylic acids is 3. The van der Waals surface area contributed by atoms with Crippen molar-refractivity contribution in [3.05, 3.63) is 35.9 Å². The molecule has 2 unspecified atom stereocenters. The van der Waals surface area contributed by atoms with Gasteiger partial charge in [0.15, 0.2) is 0 Å². The molecule has 0 bridgehead atoms. The molecule has 1 N–H and O–H groups in total. The highest BCUT2D eigenvalue weighted by Crippen LogP contribution is 2.26. The number of esters is 1. The molecule has 1 aromatic rings. The molecule has 2 heterocycles. The molecular formula is C23H33N3O4. The monoisotopic (exact) mass is 415 g/mol. The molecule has 164 valence electrons. The number of hydrogen-bond donors (Lipinski definition) is 1. The Morgan fingerprint density at radius 1 is 1.10 bits per heavy atom. The van der Waals surface area contributed by atoms with Crippen molar-refractivity contribution in [3.63, 3.8) is 0 Å². The number of amides is 2. The van der Waals surface area contributed by atoms with Gasteiger partial charge < -0.3 is 10.1 Å². The highest BCUT2D eigenvalue weighted by molar-refractivity contribution is 5.91. The van der Waals surface area contributed by atoms with Gasteiger partial charge in [-0.15, -0.1) is 0 Å². The number of carbonyl (C=O) groups is 3. The van der Waals surface area contributed by atoms with Crippen molar-refractivity contribution < 1.29 is 19.1 Å². The van der Waals surface area contributed by atoms with E-state index in [1.54, 1.807) is 5.01 Å². The van der Waals surface area contributed by atoms with E-state index in [-0.39, 0.29) is 17.8 Å². The normalized spacial score (nSPS) is 22.8. The van der Waals surface area contributed by atoms with E-state index in [2.05, 4.69) is 5.32 Å². The van der Waals surface area contributed by atoms with Crippen molar-refractivity contribution in [2.45, 2.75) is 77.0 Å². The average Bonchev–Trinajstić information content (AvgIpc) is 2.85. The second-order valence-corrected chi connectivity index (χ2v) is 9.08. The van der Waals surface area contributed by atoms with Crippen LogP contribution in [-0.2, 0) is 25.5 Å². The van der Waals surface area contributed by atoms with Crippen molar-refractivity contribution in [2.24, 2.45) is 0 Å². The summed E-state index contributed by atoms with van der Waals surface area (Å²) >= 11 is 0. The minimum Gasteiger partial charge on any atom is -0.458 e. The third-order valence-electron chi connectivity index (χ3n) is 5.42. The van der Waals surface area contributed by atoms with Crippen LogP contribution in [0.2, 0.25) is 0 Å². The zero-order valence-corrected chi connectivity index (χ0v) is 18.2. The standard InChI is InChI=1S/C23H33N3O4/c1-23(2,3)30-22(29)19-12-8-16-25-15-7-11-18(21(28)26(19)25)24-20(27)14-13-17-9-5-4-6-10-17/h4-6,9-10,18-19H,7-8,11-16H2,1-3H3,(H,24,27). The van der Waals surface area contributed by atoms with E-state index in [0.29, 0.717) is 32.2 Å². The minimum atomic E-state index is -0.632. The van der Waals surface area contributed by atoms with Gasteiger partial charge in [0.2, 0.25) is 5.91 Å². The van der Waals surface area contributed by atoms with Gasteiger partial charge in [0.25, 0.3) is 5.91 Å². The maximum absolute atomic E-state index is 13.3. The predicted molar refractivity (Wildman–Crippen MR) is 113 cm³/mol. The summed E-state index contributed by atoms with van der Waals surface area (Å²) in [5.41, 5.74) is 0.478. The predicted octanol–water partition coefficient (Wildman–Crippen LogP) is 2.45. The van der Waals surface area contributed by atoms with Gasteiger partial charge in [-0.3, -0.25) is 14.6 Å². The summed E-state index contributed by atoms with van der Waals surface area (Å²) < 4.78 is 5.57. The maximum atomic E-state index is 13.3. The van der Waals surface area contributed by atoms with E-state index in [0.717, 1.165) is 24.9 Å². The lowest BCUT2D eigenvalue weighted by atomic mass is 10.1. The molecule has 0 radical (unpaired) electrons. The molecule has 1 aromatic carbocycles. The van der Waals surface area contributed by atoms with E-state index < -0.39 is 17.7 Å². The molecule has 0 saturated carbocycles. The second kappa shape index (κ2) is 9.60. The maximum Gasteiger partial charge on any atom is 0.331 e. The van der Waals surface area contributed by atoms with Crippen molar-refractivity contribution in [1.82, 2.24) is 15.3 Å². The SMILES string of the molecule is CC(C)(C)OC(=O)C1CCCN2CCCC(NC(=O)CCc3ccccc3)C(=O)N12. The van der Waals surface area contributed by atoms with Crippen LogP contribution < -0.4 is 5.32 Å². The van der Waals surface area contributed by atoms with Gasteiger partial charge in [0.05, 0.1) is 0 Å².